The maximum Gasteiger partial charge on any atom is 0.309 e. The molecule has 1 fully saturated rings. The monoisotopic (exact) mass is 152 g/mol. The molecular weight excluding hydrogens is 140 g/mol. The Hall–Kier alpha value is -0.790. The van der Waals surface area contributed by atoms with Crippen molar-refractivity contribution in [1.29, 1.82) is 0 Å². The largest absolute Gasteiger partial charge is 0.481 e. The molecule has 0 aromatic rings. The Labute approximate surface area is 65.9 Å². The predicted molar refractivity (Wildman–Crippen MR) is 41.1 cm³/mol. The number of carbonyl (C=O) groups is 1. The van der Waals surface area contributed by atoms with E-state index in [0.717, 1.165) is 12.8 Å². The van der Waals surface area contributed by atoms with Crippen LogP contribution < -0.4 is 0 Å². The maximum absolute atomic E-state index is 10.9. The van der Waals surface area contributed by atoms with Gasteiger partial charge in [0.2, 0.25) is 0 Å². The van der Waals surface area contributed by atoms with Gasteiger partial charge in [0.25, 0.3) is 0 Å². The first-order chi connectivity index (χ1) is 5.13. The molecule has 0 unspecified atom stereocenters. The quantitative estimate of drug-likeness (QED) is 0.580. The fraction of sp³-hybridized carbons (Fsp3) is 0.667. The summed E-state index contributed by atoms with van der Waals surface area (Å²) < 4.78 is 0. The van der Waals surface area contributed by atoms with Gasteiger partial charge in [-0.3, -0.25) is 4.79 Å². The van der Waals surface area contributed by atoms with Gasteiger partial charge < -0.3 is 5.11 Å². The predicted octanol–water partition coefficient (Wildman–Crippen LogP) is 1.67. The highest BCUT2D eigenvalue weighted by Crippen LogP contribution is 2.51. The lowest BCUT2D eigenvalue weighted by atomic mass is 9.78. The highest BCUT2D eigenvalue weighted by molar-refractivity contribution is 5.76. The Kier molecular flexibility index (Phi) is 1.17. The smallest absolute Gasteiger partial charge is 0.309 e. The minimum absolute atomic E-state index is 0.296. The molecule has 11 heavy (non-hydrogen) atoms. The molecule has 0 aromatic carbocycles. The van der Waals surface area contributed by atoms with Crippen molar-refractivity contribution in [2.45, 2.75) is 19.8 Å². The summed E-state index contributed by atoms with van der Waals surface area (Å²) in [5.41, 5.74) is -0.459. The normalized spacial score (nSPS) is 46.6. The Morgan fingerprint density at radius 2 is 2.36 bits per heavy atom. The van der Waals surface area contributed by atoms with Crippen molar-refractivity contribution in [2.75, 3.05) is 0 Å². The van der Waals surface area contributed by atoms with Gasteiger partial charge in [-0.25, -0.2) is 0 Å². The summed E-state index contributed by atoms with van der Waals surface area (Å²) in [6, 6.07) is 0. The third-order valence-electron chi connectivity index (χ3n) is 3.17. The Balaban J connectivity index is 2.30. The van der Waals surface area contributed by atoms with Crippen LogP contribution in [-0.2, 0) is 4.79 Å². The number of allylic oxidation sites excluding steroid dienone is 2. The minimum Gasteiger partial charge on any atom is -0.481 e. The van der Waals surface area contributed by atoms with Gasteiger partial charge in [0.15, 0.2) is 0 Å². The van der Waals surface area contributed by atoms with E-state index in [4.69, 9.17) is 5.11 Å². The van der Waals surface area contributed by atoms with E-state index in [2.05, 4.69) is 12.2 Å². The lowest BCUT2D eigenvalue weighted by molar-refractivity contribution is -0.149. The second-order valence-electron chi connectivity index (χ2n) is 3.91. The fourth-order valence-electron chi connectivity index (χ4n) is 2.34. The van der Waals surface area contributed by atoms with Crippen molar-refractivity contribution in [3.8, 4) is 0 Å². The molecule has 1 N–H and O–H groups in total. The third kappa shape index (κ3) is 0.753. The Morgan fingerprint density at radius 3 is 2.64 bits per heavy atom. The van der Waals surface area contributed by atoms with Crippen LogP contribution in [0.1, 0.15) is 19.8 Å². The number of aliphatic carboxylic acids is 1. The summed E-state index contributed by atoms with van der Waals surface area (Å²) in [7, 11) is 0. The maximum atomic E-state index is 10.9. The van der Waals surface area contributed by atoms with Gasteiger partial charge in [0.1, 0.15) is 0 Å². The van der Waals surface area contributed by atoms with Crippen LogP contribution in [0.15, 0.2) is 12.2 Å². The van der Waals surface area contributed by atoms with Crippen LogP contribution >= 0.6 is 0 Å². The van der Waals surface area contributed by atoms with E-state index in [1.165, 1.54) is 0 Å². The zero-order valence-electron chi connectivity index (χ0n) is 6.58. The van der Waals surface area contributed by atoms with Crippen LogP contribution in [-0.4, -0.2) is 11.1 Å². The molecule has 3 atom stereocenters. The number of carboxylic acids is 1. The molecule has 2 aliphatic rings. The van der Waals surface area contributed by atoms with Crippen LogP contribution in [0.4, 0.5) is 0 Å². The summed E-state index contributed by atoms with van der Waals surface area (Å²) in [4.78, 5) is 10.9. The lowest BCUT2D eigenvalue weighted by Gasteiger charge is -2.25. The molecule has 0 spiro atoms. The van der Waals surface area contributed by atoms with Crippen molar-refractivity contribution in [3.63, 3.8) is 0 Å². The van der Waals surface area contributed by atoms with Crippen molar-refractivity contribution < 1.29 is 9.90 Å². The van der Waals surface area contributed by atoms with E-state index < -0.39 is 11.4 Å². The molecule has 2 aliphatic carbocycles. The molecule has 0 heterocycles. The molecule has 60 valence electrons. The zero-order chi connectivity index (χ0) is 8.06. The van der Waals surface area contributed by atoms with E-state index in [0.29, 0.717) is 11.8 Å². The van der Waals surface area contributed by atoms with Crippen LogP contribution in [0.25, 0.3) is 0 Å². The van der Waals surface area contributed by atoms with Gasteiger partial charge in [-0.1, -0.05) is 12.2 Å². The lowest BCUT2D eigenvalue weighted by Crippen LogP contribution is -2.31. The van der Waals surface area contributed by atoms with Gasteiger partial charge >= 0.3 is 5.97 Å². The molecule has 2 nitrogen and oxygen atoms in total. The molecule has 0 amide bonds. The van der Waals surface area contributed by atoms with E-state index in [1.807, 2.05) is 6.92 Å². The number of fused-ring (bicyclic) bond motifs is 2. The first-order valence-electron chi connectivity index (χ1n) is 4.04. The summed E-state index contributed by atoms with van der Waals surface area (Å²) in [5, 5.41) is 8.96. The molecular formula is C9H12O2. The molecule has 0 radical (unpaired) electrons. The van der Waals surface area contributed by atoms with Gasteiger partial charge in [0.05, 0.1) is 5.41 Å². The fourth-order valence-corrected chi connectivity index (χ4v) is 2.34. The third-order valence-corrected chi connectivity index (χ3v) is 3.17. The first kappa shape index (κ1) is 6.89. The van der Waals surface area contributed by atoms with Crippen molar-refractivity contribution in [1.82, 2.24) is 0 Å². The van der Waals surface area contributed by atoms with Gasteiger partial charge in [-0.2, -0.15) is 0 Å². The van der Waals surface area contributed by atoms with E-state index in [-0.39, 0.29) is 0 Å². The van der Waals surface area contributed by atoms with Gasteiger partial charge in [0, 0.05) is 0 Å². The van der Waals surface area contributed by atoms with E-state index in [1.54, 1.807) is 0 Å². The van der Waals surface area contributed by atoms with E-state index in [9.17, 15) is 4.79 Å². The average Bonchev–Trinajstić information content (AvgIpc) is 2.45. The van der Waals surface area contributed by atoms with E-state index >= 15 is 0 Å². The Bertz CT molecular complexity index is 232. The standard InChI is InChI=1S/C9H12O2/c1-9(8(10)11)5-6-2-3-7(9)4-6/h2-3,6-7H,4-5H2,1H3,(H,10,11)/t6-,7+,9-/m0/s1. The summed E-state index contributed by atoms with van der Waals surface area (Å²) in [6.45, 7) is 1.86. The number of carboxylic acid groups (broad SMARTS) is 1. The van der Waals surface area contributed by atoms with Crippen LogP contribution in [0, 0.1) is 17.3 Å². The van der Waals surface area contributed by atoms with Crippen LogP contribution in [0.5, 0.6) is 0 Å². The van der Waals surface area contributed by atoms with Crippen molar-refractivity contribution >= 4 is 5.97 Å². The van der Waals surface area contributed by atoms with Crippen LogP contribution in [0.2, 0.25) is 0 Å². The van der Waals surface area contributed by atoms with Crippen LogP contribution in [0.3, 0.4) is 0 Å². The van der Waals surface area contributed by atoms with Gasteiger partial charge in [-0.15, -0.1) is 0 Å². The topological polar surface area (TPSA) is 37.3 Å². The summed E-state index contributed by atoms with van der Waals surface area (Å²) in [6.07, 6.45) is 6.13. The molecule has 0 aliphatic heterocycles. The molecule has 0 saturated heterocycles. The SMILES string of the molecule is C[C@]1(C(=O)O)C[C@H]2C=C[C@@H]1C2. The summed E-state index contributed by atoms with van der Waals surface area (Å²) >= 11 is 0. The first-order valence-corrected chi connectivity index (χ1v) is 4.04. The molecule has 2 heteroatoms. The molecule has 2 bridgehead atoms. The molecule has 2 rings (SSSR count). The number of hydrogen-bond donors (Lipinski definition) is 1. The zero-order valence-corrected chi connectivity index (χ0v) is 6.58. The van der Waals surface area contributed by atoms with Crippen molar-refractivity contribution in [2.24, 2.45) is 17.3 Å². The second-order valence-corrected chi connectivity index (χ2v) is 3.91. The minimum atomic E-state index is -0.630. The highest BCUT2D eigenvalue weighted by atomic mass is 16.4. The van der Waals surface area contributed by atoms with Crippen molar-refractivity contribution in [3.05, 3.63) is 12.2 Å². The average molecular weight is 152 g/mol. The van der Waals surface area contributed by atoms with Gasteiger partial charge in [-0.05, 0) is 31.6 Å². The number of hydrogen-bond acceptors (Lipinski definition) is 1. The second kappa shape index (κ2) is 1.87. The highest BCUT2D eigenvalue weighted by Gasteiger charge is 2.50. The molecule has 0 aromatic heterocycles. The Morgan fingerprint density at radius 1 is 1.64 bits per heavy atom. The molecule has 1 saturated carbocycles. The summed E-state index contributed by atoms with van der Waals surface area (Å²) in [5.74, 6) is 0.209. The number of rotatable bonds is 1.